The summed E-state index contributed by atoms with van der Waals surface area (Å²) in [5, 5.41) is 22.2. The van der Waals surface area contributed by atoms with Crippen LogP contribution in [0.15, 0.2) is 18.2 Å². The van der Waals surface area contributed by atoms with Crippen molar-refractivity contribution in [2.24, 2.45) is 0 Å². The molecule has 1 aromatic rings. The summed E-state index contributed by atoms with van der Waals surface area (Å²) in [4.78, 5) is 20.9. The number of anilines is 1. The molecule has 1 atom stereocenters. The highest BCUT2D eigenvalue weighted by atomic mass is 16.6. The van der Waals surface area contributed by atoms with E-state index in [0.29, 0.717) is 5.69 Å². The van der Waals surface area contributed by atoms with Gasteiger partial charge in [0.25, 0.3) is 5.69 Å². The van der Waals surface area contributed by atoms with Gasteiger partial charge in [-0.15, -0.1) is 0 Å². The number of hydrogen-bond donors (Lipinski definition) is 2. The van der Waals surface area contributed by atoms with Crippen LogP contribution in [0, 0.1) is 17.0 Å². The predicted molar refractivity (Wildman–Crippen MR) is 64.8 cm³/mol. The average Bonchev–Trinajstić information content (AvgIpc) is 2.28. The first kappa shape index (κ1) is 13.9. The van der Waals surface area contributed by atoms with Gasteiger partial charge in [0, 0.05) is 24.9 Å². The maximum absolute atomic E-state index is 10.7. The molecule has 0 aliphatic carbocycles. The van der Waals surface area contributed by atoms with Gasteiger partial charge in [-0.3, -0.25) is 10.1 Å². The van der Waals surface area contributed by atoms with Crippen molar-refractivity contribution in [3.63, 3.8) is 0 Å². The molecule has 1 aromatic carbocycles. The zero-order valence-corrected chi connectivity index (χ0v) is 10.0. The molecule has 0 saturated carbocycles. The number of carbonyl (C=O) groups is 1. The van der Waals surface area contributed by atoms with Crippen LogP contribution in [0.2, 0.25) is 0 Å². The van der Waals surface area contributed by atoms with E-state index in [1.807, 2.05) is 0 Å². The van der Waals surface area contributed by atoms with Crippen LogP contribution in [0.25, 0.3) is 0 Å². The summed E-state index contributed by atoms with van der Waals surface area (Å²) in [5.41, 5.74) is 1.17. The van der Waals surface area contributed by atoms with Crippen LogP contribution in [0.5, 0.6) is 0 Å². The van der Waals surface area contributed by atoms with Crippen LogP contribution in [-0.2, 0) is 9.53 Å². The third-order valence-electron chi connectivity index (χ3n) is 2.32. The molecular formula is C11H14N2O5. The van der Waals surface area contributed by atoms with Gasteiger partial charge in [-0.05, 0) is 18.6 Å². The topological polar surface area (TPSA) is 102 Å². The molecule has 98 valence electrons. The smallest absolute Gasteiger partial charge is 0.334 e. The van der Waals surface area contributed by atoms with Gasteiger partial charge in [0.2, 0.25) is 0 Å². The highest BCUT2D eigenvalue weighted by Gasteiger charge is 2.16. The van der Waals surface area contributed by atoms with Gasteiger partial charge in [-0.25, -0.2) is 4.79 Å². The van der Waals surface area contributed by atoms with E-state index in [2.05, 4.69) is 5.32 Å². The van der Waals surface area contributed by atoms with E-state index in [4.69, 9.17) is 9.84 Å². The molecular weight excluding hydrogens is 240 g/mol. The van der Waals surface area contributed by atoms with E-state index in [1.165, 1.54) is 19.2 Å². The summed E-state index contributed by atoms with van der Waals surface area (Å²) in [6.07, 6.45) is -0.996. The van der Waals surface area contributed by atoms with Crippen molar-refractivity contribution < 1.29 is 19.6 Å². The number of methoxy groups -OCH3 is 1. The lowest BCUT2D eigenvalue weighted by Crippen LogP contribution is -2.30. The number of nitro groups is 1. The Morgan fingerprint density at radius 1 is 1.56 bits per heavy atom. The third kappa shape index (κ3) is 3.70. The number of ether oxygens (including phenoxy) is 1. The van der Waals surface area contributed by atoms with Gasteiger partial charge in [-0.1, -0.05) is 0 Å². The van der Waals surface area contributed by atoms with Gasteiger partial charge >= 0.3 is 5.97 Å². The molecule has 0 fully saturated rings. The molecule has 1 rings (SSSR count). The lowest BCUT2D eigenvalue weighted by Gasteiger charge is -2.12. The number of carboxylic acid groups (broad SMARTS) is 1. The molecule has 0 radical (unpaired) electrons. The first-order valence-electron chi connectivity index (χ1n) is 5.19. The molecule has 0 aromatic heterocycles. The van der Waals surface area contributed by atoms with Crippen LogP contribution in [0.1, 0.15) is 5.56 Å². The number of hydrogen-bond acceptors (Lipinski definition) is 5. The van der Waals surface area contributed by atoms with Gasteiger partial charge in [0.05, 0.1) is 11.5 Å². The van der Waals surface area contributed by atoms with Gasteiger partial charge in [0.15, 0.2) is 6.10 Å². The van der Waals surface area contributed by atoms with Crippen LogP contribution >= 0.6 is 0 Å². The van der Waals surface area contributed by atoms with Gasteiger partial charge < -0.3 is 15.2 Å². The number of nitrogens with one attached hydrogen (secondary N) is 1. The third-order valence-corrected chi connectivity index (χ3v) is 2.32. The van der Waals surface area contributed by atoms with Crippen molar-refractivity contribution >= 4 is 17.3 Å². The van der Waals surface area contributed by atoms with E-state index in [9.17, 15) is 14.9 Å². The van der Waals surface area contributed by atoms with E-state index in [0.717, 1.165) is 5.56 Å². The number of aryl methyl sites for hydroxylation is 1. The Labute approximate surface area is 104 Å². The van der Waals surface area contributed by atoms with Crippen LogP contribution in [0.3, 0.4) is 0 Å². The van der Waals surface area contributed by atoms with Crippen molar-refractivity contribution in [2.75, 3.05) is 19.0 Å². The summed E-state index contributed by atoms with van der Waals surface area (Å²) < 4.78 is 4.75. The van der Waals surface area contributed by atoms with E-state index < -0.39 is 17.0 Å². The Hall–Kier alpha value is -2.15. The number of aliphatic carboxylic acids is 1. The summed E-state index contributed by atoms with van der Waals surface area (Å²) in [6, 6.07) is 4.49. The average molecular weight is 254 g/mol. The molecule has 0 aliphatic rings. The minimum Gasteiger partial charge on any atom is -0.479 e. The Morgan fingerprint density at radius 3 is 2.72 bits per heavy atom. The lowest BCUT2D eigenvalue weighted by molar-refractivity contribution is -0.384. The molecule has 0 heterocycles. The predicted octanol–water partition coefficient (Wildman–Crippen LogP) is 1.41. The summed E-state index contributed by atoms with van der Waals surface area (Å²) in [5.74, 6) is -1.09. The first-order chi connectivity index (χ1) is 8.43. The van der Waals surface area contributed by atoms with Crippen molar-refractivity contribution in [1.29, 1.82) is 0 Å². The van der Waals surface area contributed by atoms with E-state index in [-0.39, 0.29) is 12.2 Å². The highest BCUT2D eigenvalue weighted by molar-refractivity contribution is 5.73. The monoisotopic (exact) mass is 254 g/mol. The Balaban J connectivity index is 2.78. The molecule has 1 unspecified atom stereocenters. The van der Waals surface area contributed by atoms with Crippen LogP contribution in [-0.4, -0.2) is 35.8 Å². The normalized spacial score (nSPS) is 11.9. The van der Waals surface area contributed by atoms with Crippen molar-refractivity contribution in [3.05, 3.63) is 33.9 Å². The standard InChI is InChI=1S/C11H14N2O5/c1-7-3-8(5-9(4-7)13(16)17)12-6-10(18-2)11(14)15/h3-5,10,12H,6H2,1-2H3,(H,14,15). The molecule has 0 aliphatic heterocycles. The quantitative estimate of drug-likeness (QED) is 0.588. The first-order valence-corrected chi connectivity index (χ1v) is 5.19. The summed E-state index contributed by atoms with van der Waals surface area (Å²) in [7, 11) is 1.29. The number of non-ortho nitro benzene ring substituents is 1. The van der Waals surface area contributed by atoms with E-state index in [1.54, 1.807) is 13.0 Å². The molecule has 0 bridgehead atoms. The minimum atomic E-state index is -1.09. The number of rotatable bonds is 6. The summed E-state index contributed by atoms with van der Waals surface area (Å²) in [6.45, 7) is 1.76. The SMILES string of the molecule is COC(CNc1cc(C)cc([N+](=O)[O-])c1)C(=O)O. The summed E-state index contributed by atoms with van der Waals surface area (Å²) >= 11 is 0. The van der Waals surface area contributed by atoms with Crippen LogP contribution < -0.4 is 5.32 Å². The number of benzene rings is 1. The molecule has 0 amide bonds. The van der Waals surface area contributed by atoms with E-state index >= 15 is 0 Å². The number of nitro benzene ring substituents is 1. The second-order valence-electron chi connectivity index (χ2n) is 3.76. The number of carboxylic acids is 1. The molecule has 18 heavy (non-hydrogen) atoms. The van der Waals surface area contributed by atoms with Gasteiger partial charge in [-0.2, -0.15) is 0 Å². The highest BCUT2D eigenvalue weighted by Crippen LogP contribution is 2.20. The van der Waals surface area contributed by atoms with Crippen molar-refractivity contribution in [1.82, 2.24) is 0 Å². The largest absolute Gasteiger partial charge is 0.479 e. The molecule has 2 N–H and O–H groups in total. The fraction of sp³-hybridized carbons (Fsp3) is 0.364. The fourth-order valence-electron chi connectivity index (χ4n) is 1.45. The molecule has 7 heteroatoms. The Kier molecular flexibility index (Phi) is 4.61. The molecule has 0 saturated heterocycles. The maximum Gasteiger partial charge on any atom is 0.334 e. The second-order valence-corrected chi connectivity index (χ2v) is 3.76. The Bertz CT molecular complexity index is 461. The maximum atomic E-state index is 10.7. The minimum absolute atomic E-state index is 0.0342. The van der Waals surface area contributed by atoms with Crippen molar-refractivity contribution in [2.45, 2.75) is 13.0 Å². The zero-order valence-electron chi connectivity index (χ0n) is 10.0. The zero-order chi connectivity index (χ0) is 13.7. The van der Waals surface area contributed by atoms with Crippen LogP contribution in [0.4, 0.5) is 11.4 Å². The Morgan fingerprint density at radius 2 is 2.22 bits per heavy atom. The fourth-order valence-corrected chi connectivity index (χ4v) is 1.45. The number of nitrogens with zero attached hydrogens (tertiary/aromatic N) is 1. The van der Waals surface area contributed by atoms with Crippen molar-refractivity contribution in [3.8, 4) is 0 Å². The van der Waals surface area contributed by atoms with Gasteiger partial charge in [0.1, 0.15) is 0 Å². The molecule has 7 nitrogen and oxygen atoms in total. The second kappa shape index (κ2) is 5.97. The molecule has 0 spiro atoms. The lowest BCUT2D eigenvalue weighted by atomic mass is 10.2.